The van der Waals surface area contributed by atoms with E-state index in [9.17, 15) is 14.7 Å². The molecule has 0 spiro atoms. The standard InChI is InChI=1S/C27H32ClN3O4/c1-35-23-8-4-6-20(24(23)32)17-30-13-11-21(12-14-30)27(15-19-5-2-3-7-22(19)28)25(33)31(26(34)29-27)16-18-9-10-18/h2-8,18,21,32H,9-17H2,1H3,(H,29,34). The Bertz CT molecular complexity index is 1110. The third kappa shape index (κ3) is 4.71. The van der Waals surface area contributed by atoms with Gasteiger partial charge in [0.05, 0.1) is 7.11 Å². The van der Waals surface area contributed by atoms with E-state index in [-0.39, 0.29) is 23.6 Å². The minimum atomic E-state index is -0.985. The van der Waals surface area contributed by atoms with E-state index in [0.29, 0.717) is 36.2 Å². The molecule has 0 radical (unpaired) electrons. The summed E-state index contributed by atoms with van der Waals surface area (Å²) in [6.45, 7) is 2.62. The molecule has 3 fully saturated rings. The molecule has 0 aromatic heterocycles. The molecule has 1 atom stereocenters. The summed E-state index contributed by atoms with van der Waals surface area (Å²) >= 11 is 6.49. The minimum Gasteiger partial charge on any atom is -0.504 e. The van der Waals surface area contributed by atoms with Crippen molar-refractivity contribution in [2.24, 2.45) is 11.8 Å². The SMILES string of the molecule is COc1cccc(CN2CCC(C3(Cc4ccccc4Cl)NC(=O)N(CC4CC4)C3=O)CC2)c1O. The second-order valence-electron chi connectivity index (χ2n) is 10.0. The summed E-state index contributed by atoms with van der Waals surface area (Å²) < 4.78 is 5.24. The van der Waals surface area contributed by atoms with Gasteiger partial charge in [-0.3, -0.25) is 14.6 Å². The van der Waals surface area contributed by atoms with Crippen molar-refractivity contribution in [2.75, 3.05) is 26.7 Å². The lowest BCUT2D eigenvalue weighted by molar-refractivity contribution is -0.134. The van der Waals surface area contributed by atoms with E-state index in [2.05, 4.69) is 10.2 Å². The number of imide groups is 1. The highest BCUT2D eigenvalue weighted by atomic mass is 35.5. The smallest absolute Gasteiger partial charge is 0.325 e. The number of nitrogens with one attached hydrogen (secondary N) is 1. The maximum Gasteiger partial charge on any atom is 0.325 e. The van der Waals surface area contributed by atoms with Gasteiger partial charge in [-0.1, -0.05) is 41.9 Å². The molecular weight excluding hydrogens is 466 g/mol. The van der Waals surface area contributed by atoms with Crippen molar-refractivity contribution in [1.29, 1.82) is 0 Å². The Labute approximate surface area is 211 Å². The van der Waals surface area contributed by atoms with E-state index in [0.717, 1.165) is 49.9 Å². The number of phenols is 1. The van der Waals surface area contributed by atoms with Gasteiger partial charge in [0, 0.05) is 30.1 Å². The molecule has 0 bridgehead atoms. The van der Waals surface area contributed by atoms with Crippen LogP contribution >= 0.6 is 11.6 Å². The topological polar surface area (TPSA) is 82.1 Å². The summed E-state index contributed by atoms with van der Waals surface area (Å²) in [5, 5.41) is 14.2. The molecule has 2 heterocycles. The van der Waals surface area contributed by atoms with Gasteiger partial charge in [0.25, 0.3) is 5.91 Å². The van der Waals surface area contributed by atoms with Crippen LogP contribution in [0.4, 0.5) is 4.79 Å². The number of methoxy groups -OCH3 is 1. The first kappa shape index (κ1) is 23.9. The molecule has 2 saturated heterocycles. The average Bonchev–Trinajstić information content (AvgIpc) is 3.65. The summed E-state index contributed by atoms with van der Waals surface area (Å²) in [7, 11) is 1.54. The summed E-state index contributed by atoms with van der Waals surface area (Å²) in [4.78, 5) is 30.6. The van der Waals surface area contributed by atoms with Crippen LogP contribution < -0.4 is 10.1 Å². The lowest BCUT2D eigenvalue weighted by atomic mass is 9.73. The molecule has 2 aromatic carbocycles. The van der Waals surface area contributed by atoms with E-state index in [4.69, 9.17) is 16.3 Å². The Morgan fingerprint density at radius 3 is 2.46 bits per heavy atom. The van der Waals surface area contributed by atoms with E-state index < -0.39 is 5.54 Å². The van der Waals surface area contributed by atoms with Crippen molar-refractivity contribution in [2.45, 2.75) is 44.2 Å². The molecule has 3 aliphatic rings. The molecule has 1 unspecified atom stereocenters. The van der Waals surface area contributed by atoms with Gasteiger partial charge in [-0.15, -0.1) is 0 Å². The lowest BCUT2D eigenvalue weighted by Gasteiger charge is -2.41. The summed E-state index contributed by atoms with van der Waals surface area (Å²) in [5.41, 5.74) is 0.704. The number of phenolic OH excluding ortho intramolecular Hbond substituents is 1. The molecule has 2 aliphatic heterocycles. The number of nitrogens with zero attached hydrogens (tertiary/aromatic N) is 2. The highest BCUT2D eigenvalue weighted by Crippen LogP contribution is 2.40. The number of para-hydroxylation sites is 1. The van der Waals surface area contributed by atoms with Crippen LogP contribution in [0.1, 0.15) is 36.8 Å². The van der Waals surface area contributed by atoms with E-state index in [1.165, 1.54) is 4.90 Å². The number of aromatic hydroxyl groups is 1. The van der Waals surface area contributed by atoms with Gasteiger partial charge in [-0.25, -0.2) is 4.79 Å². The van der Waals surface area contributed by atoms with Crippen LogP contribution in [0.5, 0.6) is 11.5 Å². The molecule has 1 saturated carbocycles. The predicted octanol–water partition coefficient (Wildman–Crippen LogP) is 4.21. The van der Waals surface area contributed by atoms with Gasteiger partial charge < -0.3 is 15.2 Å². The van der Waals surface area contributed by atoms with Gasteiger partial charge in [-0.05, 0) is 68.3 Å². The highest BCUT2D eigenvalue weighted by molar-refractivity contribution is 6.31. The molecule has 2 aromatic rings. The number of rotatable bonds is 8. The Hall–Kier alpha value is -2.77. The predicted molar refractivity (Wildman–Crippen MR) is 134 cm³/mol. The molecular formula is C27H32ClN3O4. The molecule has 2 N–H and O–H groups in total. The molecule has 35 heavy (non-hydrogen) atoms. The monoisotopic (exact) mass is 497 g/mol. The Kier molecular flexibility index (Phi) is 6.64. The fourth-order valence-electron chi connectivity index (χ4n) is 5.54. The Morgan fingerprint density at radius 1 is 1.06 bits per heavy atom. The maximum atomic E-state index is 13.8. The molecule has 5 rings (SSSR count). The number of likely N-dealkylation sites (tertiary alicyclic amines) is 1. The molecule has 8 heteroatoms. The zero-order chi connectivity index (χ0) is 24.6. The second-order valence-corrected chi connectivity index (χ2v) is 10.5. The van der Waals surface area contributed by atoms with Crippen molar-refractivity contribution in [1.82, 2.24) is 15.1 Å². The second kappa shape index (κ2) is 9.70. The first-order valence-corrected chi connectivity index (χ1v) is 12.7. The van der Waals surface area contributed by atoms with Gasteiger partial charge in [-0.2, -0.15) is 0 Å². The van der Waals surface area contributed by atoms with Crippen LogP contribution in [-0.4, -0.2) is 59.1 Å². The summed E-state index contributed by atoms with van der Waals surface area (Å²) in [5.74, 6) is 0.943. The fraction of sp³-hybridized carbons (Fsp3) is 0.481. The van der Waals surface area contributed by atoms with Crippen molar-refractivity contribution < 1.29 is 19.4 Å². The molecule has 1 aliphatic carbocycles. The van der Waals surface area contributed by atoms with Crippen LogP contribution in [0.15, 0.2) is 42.5 Å². The van der Waals surface area contributed by atoms with Crippen LogP contribution in [0, 0.1) is 11.8 Å². The van der Waals surface area contributed by atoms with Crippen molar-refractivity contribution in [3.63, 3.8) is 0 Å². The average molecular weight is 498 g/mol. The number of benzene rings is 2. The van der Waals surface area contributed by atoms with Gasteiger partial charge in [0.1, 0.15) is 5.54 Å². The number of halogens is 1. The summed E-state index contributed by atoms with van der Waals surface area (Å²) in [6.07, 6.45) is 4.06. The van der Waals surface area contributed by atoms with Crippen LogP contribution in [0.25, 0.3) is 0 Å². The lowest BCUT2D eigenvalue weighted by Crippen LogP contribution is -2.57. The third-order valence-corrected chi connectivity index (χ3v) is 8.12. The van der Waals surface area contributed by atoms with Crippen molar-refractivity contribution >= 4 is 23.5 Å². The number of carbonyl (C=O) groups excluding carboxylic acids is 2. The first-order valence-electron chi connectivity index (χ1n) is 12.4. The number of amides is 3. The number of carbonyl (C=O) groups is 2. The first-order chi connectivity index (χ1) is 16.9. The van der Waals surface area contributed by atoms with E-state index >= 15 is 0 Å². The molecule has 3 amide bonds. The van der Waals surface area contributed by atoms with Gasteiger partial charge in [0.15, 0.2) is 11.5 Å². The fourth-order valence-corrected chi connectivity index (χ4v) is 5.74. The highest BCUT2D eigenvalue weighted by Gasteiger charge is 2.56. The third-order valence-electron chi connectivity index (χ3n) is 7.75. The zero-order valence-corrected chi connectivity index (χ0v) is 20.8. The Morgan fingerprint density at radius 2 is 1.77 bits per heavy atom. The van der Waals surface area contributed by atoms with Crippen molar-refractivity contribution in [3.05, 3.63) is 58.6 Å². The van der Waals surface area contributed by atoms with Crippen LogP contribution in [-0.2, 0) is 17.8 Å². The van der Waals surface area contributed by atoms with E-state index in [1.807, 2.05) is 36.4 Å². The normalized spacial score (nSPS) is 23.5. The van der Waals surface area contributed by atoms with Crippen LogP contribution in [0.2, 0.25) is 5.02 Å². The number of piperidine rings is 1. The number of ether oxygens (including phenoxy) is 1. The largest absolute Gasteiger partial charge is 0.504 e. The number of hydrogen-bond donors (Lipinski definition) is 2. The minimum absolute atomic E-state index is 0.00502. The Balaban J connectivity index is 1.35. The molecule has 186 valence electrons. The van der Waals surface area contributed by atoms with Crippen LogP contribution in [0.3, 0.4) is 0 Å². The maximum absolute atomic E-state index is 13.8. The number of hydrogen-bond acceptors (Lipinski definition) is 5. The molecule has 7 nitrogen and oxygen atoms in total. The van der Waals surface area contributed by atoms with Crippen molar-refractivity contribution in [3.8, 4) is 11.5 Å². The summed E-state index contributed by atoms with van der Waals surface area (Å²) in [6, 6.07) is 12.8. The van der Waals surface area contributed by atoms with E-state index in [1.54, 1.807) is 13.2 Å². The van der Waals surface area contributed by atoms with Gasteiger partial charge >= 0.3 is 6.03 Å². The quantitative estimate of drug-likeness (QED) is 0.534. The van der Waals surface area contributed by atoms with Gasteiger partial charge in [0.2, 0.25) is 0 Å². The zero-order valence-electron chi connectivity index (χ0n) is 20.0. The number of urea groups is 1.